The first-order valence-corrected chi connectivity index (χ1v) is 5.55. The van der Waals surface area contributed by atoms with E-state index in [2.05, 4.69) is 10.2 Å². The summed E-state index contributed by atoms with van der Waals surface area (Å²) in [5, 5.41) is 16.2. The van der Waals surface area contributed by atoms with Crippen LogP contribution in [0.1, 0.15) is 16.8 Å². The largest absolute Gasteiger partial charge is 0.381 e. The molecule has 0 aliphatic heterocycles. The topological polar surface area (TPSA) is 78.5 Å². The van der Waals surface area contributed by atoms with Gasteiger partial charge in [0.1, 0.15) is 11.6 Å². The van der Waals surface area contributed by atoms with Gasteiger partial charge in [-0.25, -0.2) is 0 Å². The lowest BCUT2D eigenvalue weighted by Gasteiger charge is -2.00. The van der Waals surface area contributed by atoms with Gasteiger partial charge in [-0.3, -0.25) is 5.10 Å². The lowest BCUT2D eigenvalue weighted by molar-refractivity contribution is 0.891. The van der Waals surface area contributed by atoms with E-state index in [1.54, 1.807) is 0 Å². The van der Waals surface area contributed by atoms with Crippen molar-refractivity contribution in [2.45, 2.75) is 12.8 Å². The highest BCUT2D eigenvalue weighted by molar-refractivity contribution is 6.30. The predicted molar refractivity (Wildman–Crippen MR) is 66.6 cm³/mol. The molecule has 0 saturated carbocycles. The third kappa shape index (κ3) is 2.58. The number of aromatic amines is 1. The Morgan fingerprint density at radius 1 is 1.41 bits per heavy atom. The summed E-state index contributed by atoms with van der Waals surface area (Å²) in [5.41, 5.74) is 7.88. The third-order valence-electron chi connectivity index (χ3n) is 2.53. The molecule has 1 heterocycles. The molecule has 1 aromatic heterocycles. The minimum atomic E-state index is 0.258. The molecule has 3 N–H and O–H groups in total. The van der Waals surface area contributed by atoms with Crippen LogP contribution in [-0.2, 0) is 12.8 Å². The number of nitrogen functional groups attached to an aromatic ring is 1. The van der Waals surface area contributed by atoms with E-state index in [1.807, 2.05) is 30.3 Å². The second kappa shape index (κ2) is 4.89. The molecule has 17 heavy (non-hydrogen) atoms. The van der Waals surface area contributed by atoms with Crippen LogP contribution in [0.3, 0.4) is 0 Å². The van der Waals surface area contributed by atoms with Crippen LogP contribution in [-0.4, -0.2) is 10.2 Å². The molecule has 86 valence electrons. The molecule has 0 saturated heterocycles. The number of H-pyrrole nitrogens is 1. The van der Waals surface area contributed by atoms with Crippen molar-refractivity contribution in [3.8, 4) is 6.07 Å². The minimum Gasteiger partial charge on any atom is -0.381 e. The van der Waals surface area contributed by atoms with Gasteiger partial charge < -0.3 is 5.73 Å². The summed E-state index contributed by atoms with van der Waals surface area (Å²) in [7, 11) is 0. The van der Waals surface area contributed by atoms with Crippen molar-refractivity contribution >= 4 is 17.4 Å². The lowest BCUT2D eigenvalue weighted by Crippen LogP contribution is -1.95. The van der Waals surface area contributed by atoms with Crippen LogP contribution < -0.4 is 5.73 Å². The monoisotopic (exact) mass is 246 g/mol. The van der Waals surface area contributed by atoms with Gasteiger partial charge in [0.15, 0.2) is 5.82 Å². The van der Waals surface area contributed by atoms with E-state index in [4.69, 9.17) is 22.6 Å². The van der Waals surface area contributed by atoms with Gasteiger partial charge in [-0.15, -0.1) is 0 Å². The summed E-state index contributed by atoms with van der Waals surface area (Å²) in [4.78, 5) is 0. The molecule has 2 rings (SSSR count). The van der Waals surface area contributed by atoms with Crippen LogP contribution >= 0.6 is 11.6 Å². The Bertz CT molecular complexity index is 568. The van der Waals surface area contributed by atoms with E-state index in [0.717, 1.165) is 17.7 Å². The quantitative estimate of drug-likeness (QED) is 0.872. The first kappa shape index (κ1) is 11.5. The maximum absolute atomic E-state index is 8.92. The van der Waals surface area contributed by atoms with Crippen molar-refractivity contribution in [3.05, 3.63) is 46.1 Å². The summed E-state index contributed by atoms with van der Waals surface area (Å²) < 4.78 is 0. The minimum absolute atomic E-state index is 0.258. The van der Waals surface area contributed by atoms with E-state index < -0.39 is 0 Å². The highest BCUT2D eigenvalue weighted by atomic mass is 35.5. The summed E-state index contributed by atoms with van der Waals surface area (Å²) in [6, 6.07) is 9.69. The molecule has 0 aliphatic rings. The maximum atomic E-state index is 8.92. The molecule has 0 amide bonds. The number of nitrogens with zero attached hydrogens (tertiary/aromatic N) is 2. The summed E-state index contributed by atoms with van der Waals surface area (Å²) in [5.74, 6) is 0.258. The van der Waals surface area contributed by atoms with Crippen LogP contribution in [0.4, 0.5) is 5.82 Å². The molecule has 0 fully saturated rings. The van der Waals surface area contributed by atoms with Gasteiger partial charge in [-0.05, 0) is 30.5 Å². The van der Waals surface area contributed by atoms with Gasteiger partial charge in [-0.2, -0.15) is 10.4 Å². The van der Waals surface area contributed by atoms with Gasteiger partial charge in [0.2, 0.25) is 0 Å². The van der Waals surface area contributed by atoms with Crippen LogP contribution in [0, 0.1) is 11.3 Å². The number of nitrogens with two attached hydrogens (primary N) is 1. The first-order valence-electron chi connectivity index (χ1n) is 5.18. The Morgan fingerprint density at radius 3 is 2.94 bits per heavy atom. The maximum Gasteiger partial charge on any atom is 0.163 e. The molecular weight excluding hydrogens is 236 g/mol. The number of hydrogen-bond donors (Lipinski definition) is 2. The number of nitrogens with one attached hydrogen (secondary N) is 1. The molecule has 0 aliphatic carbocycles. The molecule has 5 heteroatoms. The summed E-state index contributed by atoms with van der Waals surface area (Å²) in [6.45, 7) is 0. The van der Waals surface area contributed by atoms with Gasteiger partial charge in [0.25, 0.3) is 0 Å². The van der Waals surface area contributed by atoms with E-state index in [9.17, 15) is 0 Å². The fraction of sp³-hybridized carbons (Fsp3) is 0.167. The van der Waals surface area contributed by atoms with Gasteiger partial charge in [0.05, 0.1) is 5.69 Å². The van der Waals surface area contributed by atoms with Crippen molar-refractivity contribution in [1.82, 2.24) is 10.2 Å². The Morgan fingerprint density at radius 2 is 2.24 bits per heavy atom. The predicted octanol–water partition coefficient (Wildman–Crippen LogP) is 2.30. The molecule has 0 unspecified atom stereocenters. The number of aromatic nitrogens is 2. The molecule has 0 bridgehead atoms. The standard InChI is InChI=1S/C12H11ClN4/c13-9-3-1-2-8(6-9)4-5-11-10(7-14)12(15)17-16-11/h1-3,6H,4-5H2,(H3,15,16,17). The highest BCUT2D eigenvalue weighted by Gasteiger charge is 2.09. The fourth-order valence-corrected chi connectivity index (χ4v) is 1.87. The summed E-state index contributed by atoms with van der Waals surface area (Å²) >= 11 is 5.90. The van der Waals surface area contributed by atoms with Gasteiger partial charge in [0, 0.05) is 5.02 Å². The Balaban J connectivity index is 2.10. The van der Waals surface area contributed by atoms with E-state index in [0.29, 0.717) is 17.0 Å². The molecule has 1 aromatic carbocycles. The third-order valence-corrected chi connectivity index (χ3v) is 2.77. The number of nitriles is 1. The molecule has 0 spiro atoms. The molecule has 0 radical (unpaired) electrons. The van der Waals surface area contributed by atoms with Crippen LogP contribution in [0.5, 0.6) is 0 Å². The number of aryl methyl sites for hydroxylation is 2. The van der Waals surface area contributed by atoms with Crippen molar-refractivity contribution in [1.29, 1.82) is 5.26 Å². The fourth-order valence-electron chi connectivity index (χ4n) is 1.66. The van der Waals surface area contributed by atoms with Crippen molar-refractivity contribution in [2.24, 2.45) is 0 Å². The Labute approximate surface area is 104 Å². The zero-order valence-electron chi connectivity index (χ0n) is 9.07. The molecule has 2 aromatic rings. The molecular formula is C12H11ClN4. The van der Waals surface area contributed by atoms with E-state index >= 15 is 0 Å². The van der Waals surface area contributed by atoms with E-state index in [-0.39, 0.29) is 5.82 Å². The summed E-state index contributed by atoms with van der Waals surface area (Å²) in [6.07, 6.45) is 1.48. The second-order valence-electron chi connectivity index (χ2n) is 3.70. The van der Waals surface area contributed by atoms with E-state index in [1.165, 1.54) is 0 Å². The molecule has 0 atom stereocenters. The van der Waals surface area contributed by atoms with Crippen molar-refractivity contribution in [3.63, 3.8) is 0 Å². The first-order chi connectivity index (χ1) is 8.20. The Kier molecular flexibility index (Phi) is 3.31. The average Bonchev–Trinajstić information content (AvgIpc) is 2.67. The van der Waals surface area contributed by atoms with Crippen LogP contribution in [0.15, 0.2) is 24.3 Å². The zero-order valence-corrected chi connectivity index (χ0v) is 9.83. The number of halogens is 1. The number of rotatable bonds is 3. The normalized spacial score (nSPS) is 10.1. The zero-order chi connectivity index (χ0) is 12.3. The van der Waals surface area contributed by atoms with Crippen molar-refractivity contribution in [2.75, 3.05) is 5.73 Å². The van der Waals surface area contributed by atoms with Crippen LogP contribution in [0.25, 0.3) is 0 Å². The van der Waals surface area contributed by atoms with Crippen molar-refractivity contribution < 1.29 is 0 Å². The average molecular weight is 247 g/mol. The lowest BCUT2D eigenvalue weighted by atomic mass is 10.1. The number of benzene rings is 1. The number of hydrogen-bond acceptors (Lipinski definition) is 3. The number of anilines is 1. The van der Waals surface area contributed by atoms with Crippen LogP contribution in [0.2, 0.25) is 5.02 Å². The smallest absolute Gasteiger partial charge is 0.163 e. The van der Waals surface area contributed by atoms with Gasteiger partial charge in [-0.1, -0.05) is 23.7 Å². The van der Waals surface area contributed by atoms with Gasteiger partial charge >= 0.3 is 0 Å². The Hall–Kier alpha value is -1.99. The highest BCUT2D eigenvalue weighted by Crippen LogP contribution is 2.16. The SMILES string of the molecule is N#Cc1c(N)n[nH]c1CCc1cccc(Cl)c1. The molecule has 4 nitrogen and oxygen atoms in total. The second-order valence-corrected chi connectivity index (χ2v) is 4.14.